The van der Waals surface area contributed by atoms with Crippen molar-refractivity contribution in [2.45, 2.75) is 0 Å². The van der Waals surface area contributed by atoms with Crippen molar-refractivity contribution in [3.63, 3.8) is 0 Å². The third-order valence-corrected chi connectivity index (χ3v) is 1.94. The van der Waals surface area contributed by atoms with Crippen LogP contribution in [0.15, 0.2) is 30.7 Å². The first-order chi connectivity index (χ1) is 7.29. The lowest BCUT2D eigenvalue weighted by molar-refractivity contribution is 1.17. The zero-order valence-electron chi connectivity index (χ0n) is 7.55. The van der Waals surface area contributed by atoms with Crippen molar-refractivity contribution in [3.05, 3.63) is 41.4 Å². The Morgan fingerprint density at radius 1 is 1.27 bits per heavy atom. The van der Waals surface area contributed by atoms with Crippen LogP contribution in [0.4, 0.5) is 0 Å². The fraction of sp³-hybridized carbons (Fsp3) is 0. The Hall–Kier alpha value is -1.99. The summed E-state index contributed by atoms with van der Waals surface area (Å²) in [6.45, 7) is 0. The second-order valence-corrected chi connectivity index (χ2v) is 3.16. The van der Waals surface area contributed by atoms with Gasteiger partial charge in [-0.1, -0.05) is 11.6 Å². The second-order valence-electron chi connectivity index (χ2n) is 2.77. The van der Waals surface area contributed by atoms with Gasteiger partial charge in [0.1, 0.15) is 10.8 Å². The van der Waals surface area contributed by atoms with E-state index in [0.29, 0.717) is 22.1 Å². The summed E-state index contributed by atoms with van der Waals surface area (Å²) in [5, 5.41) is 9.03. The van der Waals surface area contributed by atoms with E-state index in [0.717, 1.165) is 0 Å². The molecule has 0 saturated carbocycles. The number of hydrogen-bond acceptors (Lipinski definition) is 4. The van der Waals surface area contributed by atoms with Crippen molar-refractivity contribution in [1.29, 1.82) is 5.26 Å². The first kappa shape index (κ1) is 9.56. The molecular weight excluding hydrogens is 212 g/mol. The van der Waals surface area contributed by atoms with E-state index < -0.39 is 0 Å². The summed E-state index contributed by atoms with van der Waals surface area (Å²) in [7, 11) is 0. The van der Waals surface area contributed by atoms with E-state index in [1.807, 2.05) is 6.07 Å². The molecule has 0 aliphatic rings. The van der Waals surface area contributed by atoms with E-state index in [9.17, 15) is 0 Å². The molecule has 0 bridgehead atoms. The Labute approximate surface area is 91.2 Å². The maximum Gasteiger partial charge on any atom is 0.148 e. The molecule has 2 aromatic rings. The molecule has 0 fully saturated rings. The predicted molar refractivity (Wildman–Crippen MR) is 55.0 cm³/mol. The van der Waals surface area contributed by atoms with Crippen LogP contribution in [0.5, 0.6) is 0 Å². The number of hydrogen-bond donors (Lipinski definition) is 0. The van der Waals surface area contributed by atoms with Gasteiger partial charge in [0.05, 0.1) is 29.7 Å². The maximum absolute atomic E-state index is 8.72. The molecule has 0 spiro atoms. The van der Waals surface area contributed by atoms with E-state index in [-0.39, 0.29) is 0 Å². The molecule has 0 N–H and O–H groups in total. The average molecular weight is 217 g/mol. The fourth-order valence-electron chi connectivity index (χ4n) is 1.11. The van der Waals surface area contributed by atoms with Gasteiger partial charge in [-0.2, -0.15) is 5.26 Å². The SMILES string of the molecule is N#Cc1ccnc(-c2cncc(Cl)n2)c1. The molecule has 0 amide bonds. The Bertz CT molecular complexity index is 533. The maximum atomic E-state index is 8.72. The van der Waals surface area contributed by atoms with Crippen LogP contribution < -0.4 is 0 Å². The monoisotopic (exact) mass is 216 g/mol. The highest BCUT2D eigenvalue weighted by Gasteiger charge is 2.03. The summed E-state index contributed by atoms with van der Waals surface area (Å²) < 4.78 is 0. The molecule has 4 nitrogen and oxygen atoms in total. The van der Waals surface area contributed by atoms with Crippen molar-refractivity contribution >= 4 is 11.6 Å². The van der Waals surface area contributed by atoms with Crippen molar-refractivity contribution in [3.8, 4) is 17.5 Å². The summed E-state index contributed by atoms with van der Waals surface area (Å²) in [5.41, 5.74) is 1.67. The summed E-state index contributed by atoms with van der Waals surface area (Å²) in [6, 6.07) is 5.30. The van der Waals surface area contributed by atoms with Gasteiger partial charge in [0.25, 0.3) is 0 Å². The Morgan fingerprint density at radius 2 is 2.13 bits per heavy atom. The lowest BCUT2D eigenvalue weighted by atomic mass is 10.2. The van der Waals surface area contributed by atoms with Crippen molar-refractivity contribution in [1.82, 2.24) is 15.0 Å². The zero-order valence-corrected chi connectivity index (χ0v) is 8.31. The minimum Gasteiger partial charge on any atom is -0.259 e. The molecular formula is C10H5ClN4. The molecule has 0 aliphatic carbocycles. The number of pyridine rings is 1. The van der Waals surface area contributed by atoms with Gasteiger partial charge >= 0.3 is 0 Å². The van der Waals surface area contributed by atoms with Crippen LogP contribution in [0.25, 0.3) is 11.4 Å². The third-order valence-electron chi connectivity index (χ3n) is 1.76. The third kappa shape index (κ3) is 2.09. The molecule has 2 heterocycles. The number of aromatic nitrogens is 3. The van der Waals surface area contributed by atoms with E-state index in [2.05, 4.69) is 15.0 Å². The van der Waals surface area contributed by atoms with Crippen molar-refractivity contribution < 1.29 is 0 Å². The van der Waals surface area contributed by atoms with Gasteiger partial charge in [-0.25, -0.2) is 4.98 Å². The highest BCUT2D eigenvalue weighted by Crippen LogP contribution is 2.15. The Morgan fingerprint density at radius 3 is 2.87 bits per heavy atom. The van der Waals surface area contributed by atoms with Crippen LogP contribution >= 0.6 is 11.6 Å². The summed E-state index contributed by atoms with van der Waals surface area (Å²) in [5.74, 6) is 0. The largest absolute Gasteiger partial charge is 0.259 e. The molecule has 2 aromatic heterocycles. The summed E-state index contributed by atoms with van der Waals surface area (Å²) in [4.78, 5) is 12.0. The van der Waals surface area contributed by atoms with Crippen LogP contribution in [-0.2, 0) is 0 Å². The van der Waals surface area contributed by atoms with Crippen LogP contribution in [0, 0.1) is 11.3 Å². The van der Waals surface area contributed by atoms with Gasteiger partial charge < -0.3 is 0 Å². The van der Waals surface area contributed by atoms with E-state index in [1.165, 1.54) is 6.20 Å². The van der Waals surface area contributed by atoms with Crippen LogP contribution in [0.2, 0.25) is 5.15 Å². The zero-order chi connectivity index (χ0) is 10.7. The second kappa shape index (κ2) is 4.03. The normalized spacial score (nSPS) is 9.60. The van der Waals surface area contributed by atoms with Gasteiger partial charge in [-0.15, -0.1) is 0 Å². The number of rotatable bonds is 1. The Kier molecular flexibility index (Phi) is 2.57. The summed E-state index contributed by atoms with van der Waals surface area (Å²) in [6.07, 6.45) is 4.55. The minimum atomic E-state index is 0.302. The van der Waals surface area contributed by atoms with E-state index in [4.69, 9.17) is 16.9 Å². The van der Waals surface area contributed by atoms with Crippen molar-refractivity contribution in [2.24, 2.45) is 0 Å². The molecule has 0 unspecified atom stereocenters. The average Bonchev–Trinajstić information content (AvgIpc) is 2.29. The van der Waals surface area contributed by atoms with Gasteiger partial charge in [0.2, 0.25) is 0 Å². The van der Waals surface area contributed by atoms with E-state index in [1.54, 1.807) is 24.5 Å². The topological polar surface area (TPSA) is 62.5 Å². The minimum absolute atomic E-state index is 0.302. The standard InChI is InChI=1S/C10H5ClN4/c11-10-6-13-5-9(15-10)8-3-7(4-12)1-2-14-8/h1-3,5-6H. The quantitative estimate of drug-likeness (QED) is 0.732. The first-order valence-corrected chi connectivity index (χ1v) is 4.51. The smallest absolute Gasteiger partial charge is 0.148 e. The number of nitriles is 1. The molecule has 5 heteroatoms. The van der Waals surface area contributed by atoms with E-state index >= 15 is 0 Å². The molecule has 0 radical (unpaired) electrons. The fourth-order valence-corrected chi connectivity index (χ4v) is 1.25. The number of halogens is 1. The molecule has 72 valence electrons. The van der Waals surface area contributed by atoms with Gasteiger partial charge in [0, 0.05) is 6.20 Å². The van der Waals surface area contributed by atoms with Crippen LogP contribution in [0.1, 0.15) is 5.56 Å². The molecule has 0 aromatic carbocycles. The van der Waals surface area contributed by atoms with Crippen molar-refractivity contribution in [2.75, 3.05) is 0 Å². The first-order valence-electron chi connectivity index (χ1n) is 4.13. The van der Waals surface area contributed by atoms with Crippen LogP contribution in [0.3, 0.4) is 0 Å². The highest BCUT2D eigenvalue weighted by molar-refractivity contribution is 6.29. The molecule has 0 saturated heterocycles. The molecule has 0 aliphatic heterocycles. The van der Waals surface area contributed by atoms with Gasteiger partial charge in [-0.05, 0) is 12.1 Å². The van der Waals surface area contributed by atoms with Gasteiger partial charge in [0.15, 0.2) is 0 Å². The Balaban J connectivity index is 2.50. The van der Waals surface area contributed by atoms with Crippen LogP contribution in [-0.4, -0.2) is 15.0 Å². The highest BCUT2D eigenvalue weighted by atomic mass is 35.5. The van der Waals surface area contributed by atoms with Gasteiger partial charge in [-0.3, -0.25) is 9.97 Å². The lowest BCUT2D eigenvalue weighted by Gasteiger charge is -1.99. The number of nitrogens with zero attached hydrogens (tertiary/aromatic N) is 4. The predicted octanol–water partition coefficient (Wildman–Crippen LogP) is 2.06. The molecule has 2 rings (SSSR count). The molecule has 15 heavy (non-hydrogen) atoms. The lowest BCUT2D eigenvalue weighted by Crippen LogP contribution is -1.89. The molecule has 0 atom stereocenters. The summed E-state index contributed by atoms with van der Waals surface area (Å²) >= 11 is 5.70.